The second-order valence-corrected chi connectivity index (χ2v) is 5.96. The molecule has 1 amide bonds. The summed E-state index contributed by atoms with van der Waals surface area (Å²) in [6, 6.07) is 9.78. The number of aryl methyl sites for hydroxylation is 1. The van der Waals surface area contributed by atoms with Crippen LogP contribution >= 0.6 is 23.1 Å². The van der Waals surface area contributed by atoms with Crippen molar-refractivity contribution in [3.8, 4) is 0 Å². The highest BCUT2D eigenvalue weighted by Crippen LogP contribution is 2.28. The van der Waals surface area contributed by atoms with Crippen molar-refractivity contribution in [1.82, 2.24) is 0 Å². The third kappa shape index (κ3) is 3.49. The van der Waals surface area contributed by atoms with Crippen molar-refractivity contribution in [2.75, 3.05) is 11.1 Å². The molecule has 1 heterocycles. The van der Waals surface area contributed by atoms with Gasteiger partial charge in [0.05, 0.1) is 10.6 Å². The Labute approximate surface area is 121 Å². The van der Waals surface area contributed by atoms with Crippen LogP contribution < -0.4 is 5.32 Å². The second-order valence-electron chi connectivity index (χ2n) is 3.98. The van der Waals surface area contributed by atoms with Gasteiger partial charge in [-0.3, -0.25) is 4.79 Å². The maximum atomic E-state index is 12.2. The highest BCUT2D eigenvalue weighted by molar-refractivity contribution is 7.99. The van der Waals surface area contributed by atoms with Crippen LogP contribution in [0.2, 0.25) is 0 Å². The number of nitrogens with one attached hydrogen (secondary N) is 1. The van der Waals surface area contributed by atoms with Crippen molar-refractivity contribution in [3.05, 3.63) is 58.8 Å². The molecule has 1 N–H and O–H groups in total. The van der Waals surface area contributed by atoms with E-state index in [4.69, 9.17) is 0 Å². The molecule has 0 aliphatic rings. The highest BCUT2D eigenvalue weighted by atomic mass is 32.2. The molecule has 2 rings (SSSR count). The summed E-state index contributed by atoms with van der Waals surface area (Å²) in [7, 11) is 0. The molecule has 0 saturated carbocycles. The van der Waals surface area contributed by atoms with Gasteiger partial charge >= 0.3 is 0 Å². The number of thioether (sulfide) groups is 1. The van der Waals surface area contributed by atoms with Gasteiger partial charge in [-0.1, -0.05) is 18.2 Å². The normalized spacial score (nSPS) is 10.2. The lowest BCUT2D eigenvalue weighted by Gasteiger charge is -2.09. The quantitative estimate of drug-likeness (QED) is 0.644. The smallest absolute Gasteiger partial charge is 0.266 e. The average molecular weight is 289 g/mol. The number of amides is 1. The van der Waals surface area contributed by atoms with Gasteiger partial charge < -0.3 is 5.32 Å². The van der Waals surface area contributed by atoms with E-state index in [-0.39, 0.29) is 5.91 Å². The van der Waals surface area contributed by atoms with Gasteiger partial charge in [-0.05, 0) is 36.1 Å². The number of hydrogen-bond donors (Lipinski definition) is 1. The zero-order valence-corrected chi connectivity index (χ0v) is 12.3. The lowest BCUT2D eigenvalue weighted by Crippen LogP contribution is -2.11. The first-order chi connectivity index (χ1) is 9.22. The van der Waals surface area contributed by atoms with Crippen molar-refractivity contribution >= 4 is 34.7 Å². The van der Waals surface area contributed by atoms with Crippen LogP contribution in [0.3, 0.4) is 0 Å². The number of anilines is 1. The number of hydrogen-bond acceptors (Lipinski definition) is 3. The molecule has 0 saturated heterocycles. The van der Waals surface area contributed by atoms with Crippen molar-refractivity contribution in [3.63, 3.8) is 0 Å². The summed E-state index contributed by atoms with van der Waals surface area (Å²) in [6.45, 7) is 5.66. The minimum absolute atomic E-state index is 0.0425. The number of carbonyl (C=O) groups is 1. The third-order valence-electron chi connectivity index (χ3n) is 2.56. The molecule has 0 unspecified atom stereocenters. The van der Waals surface area contributed by atoms with E-state index in [9.17, 15) is 4.79 Å². The van der Waals surface area contributed by atoms with E-state index in [0.29, 0.717) is 0 Å². The minimum atomic E-state index is -0.0425. The summed E-state index contributed by atoms with van der Waals surface area (Å²) in [5, 5.41) is 4.91. The lowest BCUT2D eigenvalue weighted by molar-refractivity contribution is 0.103. The van der Waals surface area contributed by atoms with Gasteiger partial charge in [0.1, 0.15) is 0 Å². The van der Waals surface area contributed by atoms with Crippen molar-refractivity contribution in [1.29, 1.82) is 0 Å². The van der Waals surface area contributed by atoms with E-state index in [0.717, 1.165) is 26.8 Å². The predicted octanol–water partition coefficient (Wildman–Crippen LogP) is 4.59. The summed E-state index contributed by atoms with van der Waals surface area (Å²) < 4.78 is 0. The maximum Gasteiger partial charge on any atom is 0.266 e. The molecule has 2 nitrogen and oxygen atoms in total. The van der Waals surface area contributed by atoms with E-state index in [2.05, 4.69) is 11.9 Å². The molecule has 0 bridgehead atoms. The highest BCUT2D eigenvalue weighted by Gasteiger charge is 2.12. The molecule has 1 aromatic heterocycles. The van der Waals surface area contributed by atoms with Crippen LogP contribution in [0.25, 0.3) is 0 Å². The fraction of sp³-hybridized carbons (Fsp3) is 0.133. The first kappa shape index (κ1) is 13.9. The first-order valence-corrected chi connectivity index (χ1v) is 7.77. The molecule has 0 spiro atoms. The molecule has 0 atom stereocenters. The molecule has 2 aromatic rings. The SMILES string of the molecule is C=CCSc1ccccc1NC(=O)c1sccc1C. The second kappa shape index (κ2) is 6.59. The minimum Gasteiger partial charge on any atom is -0.320 e. The van der Waals surface area contributed by atoms with E-state index >= 15 is 0 Å². The van der Waals surface area contributed by atoms with Crippen molar-refractivity contribution in [2.24, 2.45) is 0 Å². The summed E-state index contributed by atoms with van der Waals surface area (Å²) in [5.74, 6) is 0.782. The largest absolute Gasteiger partial charge is 0.320 e. The molecule has 19 heavy (non-hydrogen) atoms. The van der Waals surface area contributed by atoms with Crippen molar-refractivity contribution in [2.45, 2.75) is 11.8 Å². The number of thiophene rings is 1. The van der Waals surface area contributed by atoms with E-state index in [1.807, 2.05) is 48.7 Å². The molecule has 0 radical (unpaired) electrons. The monoisotopic (exact) mass is 289 g/mol. The Morgan fingerprint density at radius 1 is 1.42 bits per heavy atom. The van der Waals surface area contributed by atoms with Crippen LogP contribution in [0, 0.1) is 6.92 Å². The maximum absolute atomic E-state index is 12.2. The Balaban J connectivity index is 2.17. The number of para-hydroxylation sites is 1. The van der Waals surface area contributed by atoms with Gasteiger partial charge in [0.25, 0.3) is 5.91 Å². The Hall–Kier alpha value is -1.52. The van der Waals surface area contributed by atoms with Crippen LogP contribution in [-0.2, 0) is 0 Å². The van der Waals surface area contributed by atoms with E-state index in [1.54, 1.807) is 11.8 Å². The fourth-order valence-electron chi connectivity index (χ4n) is 1.63. The number of benzene rings is 1. The lowest BCUT2D eigenvalue weighted by atomic mass is 10.2. The van der Waals surface area contributed by atoms with Gasteiger partial charge in [0, 0.05) is 10.6 Å². The van der Waals surface area contributed by atoms with Gasteiger partial charge in [-0.15, -0.1) is 29.7 Å². The summed E-state index contributed by atoms with van der Waals surface area (Å²) in [4.78, 5) is 14.0. The van der Waals surface area contributed by atoms with Crippen LogP contribution in [0.4, 0.5) is 5.69 Å². The number of carbonyl (C=O) groups excluding carboxylic acids is 1. The van der Waals surface area contributed by atoms with E-state index in [1.165, 1.54) is 11.3 Å². The molecule has 0 aliphatic heterocycles. The summed E-state index contributed by atoms with van der Waals surface area (Å²) >= 11 is 3.13. The van der Waals surface area contributed by atoms with Gasteiger partial charge in [-0.2, -0.15) is 0 Å². The topological polar surface area (TPSA) is 29.1 Å². The van der Waals surface area contributed by atoms with Crippen LogP contribution in [0.1, 0.15) is 15.2 Å². The number of rotatable bonds is 5. The Morgan fingerprint density at radius 2 is 2.21 bits per heavy atom. The molecule has 98 valence electrons. The van der Waals surface area contributed by atoms with Gasteiger partial charge in [0.2, 0.25) is 0 Å². The summed E-state index contributed by atoms with van der Waals surface area (Å²) in [5.41, 5.74) is 1.87. The van der Waals surface area contributed by atoms with Crippen LogP contribution in [0.15, 0.2) is 53.3 Å². The van der Waals surface area contributed by atoms with Crippen LogP contribution in [-0.4, -0.2) is 11.7 Å². The zero-order chi connectivity index (χ0) is 13.7. The predicted molar refractivity (Wildman–Crippen MR) is 84.4 cm³/mol. The molecule has 0 aliphatic carbocycles. The third-order valence-corrected chi connectivity index (χ3v) is 4.64. The Kier molecular flexibility index (Phi) is 4.82. The first-order valence-electron chi connectivity index (χ1n) is 5.90. The molecule has 4 heteroatoms. The van der Waals surface area contributed by atoms with Crippen LogP contribution in [0.5, 0.6) is 0 Å². The van der Waals surface area contributed by atoms with Gasteiger partial charge in [-0.25, -0.2) is 0 Å². The van der Waals surface area contributed by atoms with Gasteiger partial charge in [0.15, 0.2) is 0 Å². The zero-order valence-electron chi connectivity index (χ0n) is 10.7. The molecule has 1 aromatic carbocycles. The molecular weight excluding hydrogens is 274 g/mol. The fourth-order valence-corrected chi connectivity index (χ4v) is 3.20. The average Bonchev–Trinajstić information content (AvgIpc) is 2.84. The Bertz CT molecular complexity index is 589. The standard InChI is InChI=1S/C15H15NOS2/c1-3-9-18-13-7-5-4-6-12(13)16-15(17)14-11(2)8-10-19-14/h3-8,10H,1,9H2,2H3,(H,16,17). The summed E-state index contributed by atoms with van der Waals surface area (Å²) in [6.07, 6.45) is 1.85. The Morgan fingerprint density at radius 3 is 2.89 bits per heavy atom. The molecular formula is C15H15NOS2. The van der Waals surface area contributed by atoms with E-state index < -0.39 is 0 Å². The van der Waals surface area contributed by atoms with Crippen molar-refractivity contribution < 1.29 is 4.79 Å². The molecule has 0 fully saturated rings.